The van der Waals surface area contributed by atoms with Crippen molar-refractivity contribution in [2.75, 3.05) is 0 Å². The molecule has 0 spiro atoms. The molecule has 0 aliphatic rings. The van der Waals surface area contributed by atoms with Crippen LogP contribution in [0, 0.1) is 12.8 Å². The summed E-state index contributed by atoms with van der Waals surface area (Å²) in [6.07, 6.45) is 4.40. The molecule has 0 saturated heterocycles. The van der Waals surface area contributed by atoms with Crippen LogP contribution in [-0.4, -0.2) is 16.0 Å². The van der Waals surface area contributed by atoms with Crippen LogP contribution in [-0.2, 0) is 6.54 Å². The molecule has 0 aliphatic heterocycles. The Kier molecular flexibility index (Phi) is 4.82. The van der Waals surface area contributed by atoms with Gasteiger partial charge in [-0.15, -0.1) is 0 Å². The minimum Gasteiger partial charge on any atom is -0.345 e. The summed E-state index contributed by atoms with van der Waals surface area (Å²) in [7, 11) is 0. The van der Waals surface area contributed by atoms with Crippen molar-refractivity contribution < 1.29 is 0 Å². The Bertz CT molecular complexity index is 280. The molecule has 0 aromatic carbocycles. The summed E-state index contributed by atoms with van der Waals surface area (Å²) in [4.78, 5) is 7.40. The van der Waals surface area contributed by atoms with Crippen molar-refractivity contribution in [3.8, 4) is 0 Å². The lowest BCUT2D eigenvalue weighted by Gasteiger charge is -2.16. The fourth-order valence-electron chi connectivity index (χ4n) is 1.70. The summed E-state index contributed by atoms with van der Waals surface area (Å²) in [5.74, 6) is 1.79. The highest BCUT2D eigenvalue weighted by atomic mass is 15.0. The molecule has 0 fully saturated rings. The molecule has 2 N–H and O–H groups in total. The number of rotatable bonds is 6. The van der Waals surface area contributed by atoms with Gasteiger partial charge in [0.05, 0.1) is 0 Å². The van der Waals surface area contributed by atoms with E-state index < -0.39 is 0 Å². The SMILES string of the molecule is CCC(C)CC(C)NCc1cnc(C)[nH]1. The molecule has 1 aromatic heterocycles. The third kappa shape index (κ3) is 4.47. The molecule has 0 bridgehead atoms. The summed E-state index contributed by atoms with van der Waals surface area (Å²) in [6.45, 7) is 9.66. The lowest BCUT2D eigenvalue weighted by molar-refractivity contribution is 0.410. The van der Waals surface area contributed by atoms with Crippen molar-refractivity contribution in [2.45, 2.75) is 53.1 Å². The lowest BCUT2D eigenvalue weighted by Crippen LogP contribution is -2.27. The second-order valence-corrected chi connectivity index (χ2v) is 4.52. The van der Waals surface area contributed by atoms with Crippen molar-refractivity contribution in [3.63, 3.8) is 0 Å². The van der Waals surface area contributed by atoms with Crippen LogP contribution in [0.25, 0.3) is 0 Å². The molecule has 0 aliphatic carbocycles. The minimum absolute atomic E-state index is 0.573. The van der Waals surface area contributed by atoms with E-state index in [1.807, 2.05) is 13.1 Å². The Morgan fingerprint density at radius 2 is 2.20 bits per heavy atom. The predicted octanol–water partition coefficient (Wildman–Crippen LogP) is 2.63. The maximum absolute atomic E-state index is 4.18. The van der Waals surface area contributed by atoms with E-state index in [1.165, 1.54) is 18.5 Å². The first kappa shape index (κ1) is 12.2. The Labute approximate surface area is 92.7 Å². The Morgan fingerprint density at radius 3 is 2.73 bits per heavy atom. The minimum atomic E-state index is 0.573. The van der Waals surface area contributed by atoms with Gasteiger partial charge in [0.2, 0.25) is 0 Å². The van der Waals surface area contributed by atoms with Gasteiger partial charge in [-0.05, 0) is 26.2 Å². The number of H-pyrrole nitrogens is 1. The number of aryl methyl sites for hydroxylation is 1. The summed E-state index contributed by atoms with van der Waals surface area (Å²) in [5, 5.41) is 3.51. The third-order valence-corrected chi connectivity index (χ3v) is 2.85. The molecule has 3 nitrogen and oxygen atoms in total. The highest BCUT2D eigenvalue weighted by Crippen LogP contribution is 2.09. The van der Waals surface area contributed by atoms with Gasteiger partial charge in [0.15, 0.2) is 0 Å². The number of hydrogen-bond acceptors (Lipinski definition) is 2. The van der Waals surface area contributed by atoms with Crippen LogP contribution in [0.3, 0.4) is 0 Å². The van der Waals surface area contributed by atoms with Gasteiger partial charge in [0, 0.05) is 24.5 Å². The van der Waals surface area contributed by atoms with Crippen LogP contribution in [0.1, 0.15) is 45.1 Å². The largest absolute Gasteiger partial charge is 0.345 e. The van der Waals surface area contributed by atoms with E-state index in [9.17, 15) is 0 Å². The molecule has 0 saturated carbocycles. The second-order valence-electron chi connectivity index (χ2n) is 4.52. The van der Waals surface area contributed by atoms with Gasteiger partial charge in [-0.2, -0.15) is 0 Å². The smallest absolute Gasteiger partial charge is 0.103 e. The van der Waals surface area contributed by atoms with Crippen LogP contribution >= 0.6 is 0 Å². The molecule has 86 valence electrons. The molecule has 15 heavy (non-hydrogen) atoms. The van der Waals surface area contributed by atoms with E-state index in [4.69, 9.17) is 0 Å². The summed E-state index contributed by atoms with van der Waals surface area (Å²) in [5.41, 5.74) is 1.17. The summed E-state index contributed by atoms with van der Waals surface area (Å²) < 4.78 is 0. The summed E-state index contributed by atoms with van der Waals surface area (Å²) >= 11 is 0. The van der Waals surface area contributed by atoms with Gasteiger partial charge < -0.3 is 10.3 Å². The van der Waals surface area contributed by atoms with Crippen LogP contribution in [0.15, 0.2) is 6.20 Å². The average Bonchev–Trinajstić information content (AvgIpc) is 2.61. The highest BCUT2D eigenvalue weighted by Gasteiger charge is 2.06. The third-order valence-electron chi connectivity index (χ3n) is 2.85. The number of aromatic amines is 1. The maximum atomic E-state index is 4.18. The molecule has 3 heteroatoms. The molecule has 2 unspecified atom stereocenters. The lowest BCUT2D eigenvalue weighted by atomic mass is 10.0. The van der Waals surface area contributed by atoms with Gasteiger partial charge >= 0.3 is 0 Å². The van der Waals surface area contributed by atoms with E-state index in [1.54, 1.807) is 0 Å². The molecule has 1 aromatic rings. The van der Waals surface area contributed by atoms with Gasteiger partial charge in [0.25, 0.3) is 0 Å². The number of nitrogens with zero attached hydrogens (tertiary/aromatic N) is 1. The predicted molar refractivity (Wildman–Crippen MR) is 63.7 cm³/mol. The number of aromatic nitrogens is 2. The van der Waals surface area contributed by atoms with Gasteiger partial charge in [-0.1, -0.05) is 20.3 Å². The summed E-state index contributed by atoms with van der Waals surface area (Å²) in [6, 6.07) is 0.573. The Morgan fingerprint density at radius 1 is 1.47 bits per heavy atom. The Hall–Kier alpha value is -0.830. The van der Waals surface area contributed by atoms with E-state index in [0.717, 1.165) is 18.3 Å². The van der Waals surface area contributed by atoms with Crippen molar-refractivity contribution in [1.82, 2.24) is 15.3 Å². The fourth-order valence-corrected chi connectivity index (χ4v) is 1.70. The average molecular weight is 209 g/mol. The zero-order valence-corrected chi connectivity index (χ0v) is 10.3. The molecule has 2 atom stereocenters. The fraction of sp³-hybridized carbons (Fsp3) is 0.750. The van der Waals surface area contributed by atoms with Crippen molar-refractivity contribution in [1.29, 1.82) is 0 Å². The van der Waals surface area contributed by atoms with E-state index in [0.29, 0.717) is 6.04 Å². The number of nitrogens with one attached hydrogen (secondary N) is 2. The van der Waals surface area contributed by atoms with E-state index in [-0.39, 0.29) is 0 Å². The maximum Gasteiger partial charge on any atom is 0.103 e. The van der Waals surface area contributed by atoms with Crippen molar-refractivity contribution >= 4 is 0 Å². The second kappa shape index (κ2) is 5.91. The van der Waals surface area contributed by atoms with Crippen molar-refractivity contribution in [2.24, 2.45) is 5.92 Å². The molecule has 0 radical (unpaired) electrons. The standard InChI is InChI=1S/C12H23N3/c1-5-9(2)6-10(3)13-7-12-8-14-11(4)15-12/h8-10,13H,5-7H2,1-4H3,(H,14,15). The highest BCUT2D eigenvalue weighted by molar-refractivity contribution is 4.99. The first-order valence-corrected chi connectivity index (χ1v) is 5.85. The molecular weight excluding hydrogens is 186 g/mol. The van der Waals surface area contributed by atoms with Crippen LogP contribution in [0.4, 0.5) is 0 Å². The molecule has 1 heterocycles. The molecule has 1 rings (SSSR count). The zero-order chi connectivity index (χ0) is 11.3. The normalized spacial score (nSPS) is 15.2. The first-order valence-electron chi connectivity index (χ1n) is 5.85. The van der Waals surface area contributed by atoms with Gasteiger partial charge in [0.1, 0.15) is 5.82 Å². The quantitative estimate of drug-likeness (QED) is 0.756. The zero-order valence-electron chi connectivity index (χ0n) is 10.3. The topological polar surface area (TPSA) is 40.7 Å². The molecule has 0 amide bonds. The van der Waals surface area contributed by atoms with Gasteiger partial charge in [-0.25, -0.2) is 4.98 Å². The monoisotopic (exact) mass is 209 g/mol. The van der Waals surface area contributed by atoms with Gasteiger partial charge in [-0.3, -0.25) is 0 Å². The van der Waals surface area contributed by atoms with E-state index >= 15 is 0 Å². The van der Waals surface area contributed by atoms with Crippen molar-refractivity contribution in [3.05, 3.63) is 17.7 Å². The first-order chi connectivity index (χ1) is 7.11. The number of hydrogen-bond donors (Lipinski definition) is 2. The van der Waals surface area contributed by atoms with Crippen LogP contribution in [0.2, 0.25) is 0 Å². The van der Waals surface area contributed by atoms with Crippen LogP contribution < -0.4 is 5.32 Å². The van der Waals surface area contributed by atoms with Crippen LogP contribution in [0.5, 0.6) is 0 Å². The van der Waals surface area contributed by atoms with E-state index in [2.05, 4.69) is 36.1 Å². The Balaban J connectivity index is 2.25. The molecular formula is C12H23N3. The number of imidazole rings is 1.